The fourth-order valence-electron chi connectivity index (χ4n) is 2.74. The van der Waals surface area contributed by atoms with Crippen LogP contribution in [0.1, 0.15) is 4.88 Å². The lowest BCUT2D eigenvalue weighted by molar-refractivity contribution is 0.123. The summed E-state index contributed by atoms with van der Waals surface area (Å²) < 4.78 is 6.89. The van der Waals surface area contributed by atoms with Crippen LogP contribution >= 0.6 is 23.6 Å². The number of thiophene rings is 1. The molecule has 8 heteroatoms. The maximum atomic E-state index is 12.6. The van der Waals surface area contributed by atoms with Gasteiger partial charge < -0.3 is 14.6 Å². The minimum absolute atomic E-state index is 0.222. The van der Waals surface area contributed by atoms with Crippen molar-refractivity contribution in [2.24, 2.45) is 5.10 Å². The number of nitrogens with one attached hydrogen (secondary N) is 1. The molecular weight excluding hydrogens is 356 g/mol. The van der Waals surface area contributed by atoms with E-state index in [0.717, 1.165) is 36.7 Å². The largest absolute Gasteiger partial charge is 0.378 e. The number of rotatable bonds is 3. The highest BCUT2D eigenvalue weighted by molar-refractivity contribution is 7.71. The summed E-state index contributed by atoms with van der Waals surface area (Å²) in [5.41, 5.74) is 0.496. The summed E-state index contributed by atoms with van der Waals surface area (Å²) in [4.78, 5) is 18.9. The van der Waals surface area contributed by atoms with Gasteiger partial charge in [0.2, 0.25) is 4.77 Å². The van der Waals surface area contributed by atoms with E-state index in [-0.39, 0.29) is 10.3 Å². The van der Waals surface area contributed by atoms with Gasteiger partial charge in [0.15, 0.2) is 0 Å². The van der Waals surface area contributed by atoms with Gasteiger partial charge in [0.25, 0.3) is 5.56 Å². The number of anilines is 1. The molecule has 1 aromatic carbocycles. The second-order valence-electron chi connectivity index (χ2n) is 5.61. The van der Waals surface area contributed by atoms with Gasteiger partial charge >= 0.3 is 0 Å². The molecule has 0 unspecified atom stereocenters. The third kappa shape index (κ3) is 3.28. The highest BCUT2D eigenvalue weighted by atomic mass is 32.1. The molecule has 3 aromatic rings. The molecule has 0 saturated carbocycles. The minimum atomic E-state index is -0.222. The Hall–Kier alpha value is -2.29. The van der Waals surface area contributed by atoms with Crippen LogP contribution in [0.25, 0.3) is 10.9 Å². The van der Waals surface area contributed by atoms with Gasteiger partial charge in [-0.25, -0.2) is 0 Å². The van der Waals surface area contributed by atoms with Crippen molar-refractivity contribution in [3.8, 4) is 0 Å². The Labute approximate surface area is 153 Å². The third-order valence-electron chi connectivity index (χ3n) is 4.02. The fourth-order valence-corrected chi connectivity index (χ4v) is 3.90. The van der Waals surface area contributed by atoms with Crippen LogP contribution in [-0.2, 0) is 4.74 Å². The van der Waals surface area contributed by atoms with E-state index in [0.29, 0.717) is 5.39 Å². The average Bonchev–Trinajstić information content (AvgIpc) is 3.11. The molecule has 1 fully saturated rings. The maximum Gasteiger partial charge on any atom is 0.282 e. The average molecular weight is 372 g/mol. The molecule has 2 aromatic heterocycles. The van der Waals surface area contributed by atoms with Gasteiger partial charge in [-0.1, -0.05) is 12.1 Å². The molecule has 0 atom stereocenters. The third-order valence-corrected chi connectivity index (χ3v) is 5.38. The van der Waals surface area contributed by atoms with E-state index >= 15 is 0 Å². The Balaban J connectivity index is 1.64. The van der Waals surface area contributed by atoms with Gasteiger partial charge in [0.1, 0.15) is 0 Å². The molecule has 4 rings (SSSR count). The van der Waals surface area contributed by atoms with Crippen molar-refractivity contribution in [2.75, 3.05) is 31.2 Å². The SMILES string of the molecule is O=c1c2ccccc2[nH]c(=S)n1/N=C\c1ccc(N2CCOCC2)s1. The van der Waals surface area contributed by atoms with Gasteiger partial charge in [-0.3, -0.25) is 4.79 Å². The molecule has 0 aliphatic carbocycles. The van der Waals surface area contributed by atoms with Gasteiger partial charge in [-0.05, 0) is 36.5 Å². The zero-order chi connectivity index (χ0) is 17.2. The van der Waals surface area contributed by atoms with Crippen LogP contribution in [0.15, 0.2) is 46.3 Å². The first kappa shape index (κ1) is 16.2. The Morgan fingerprint density at radius 3 is 2.84 bits per heavy atom. The molecule has 0 spiro atoms. The van der Waals surface area contributed by atoms with Gasteiger partial charge in [0.05, 0.1) is 35.3 Å². The van der Waals surface area contributed by atoms with Crippen LogP contribution in [0.4, 0.5) is 5.00 Å². The Bertz CT molecular complexity index is 1040. The van der Waals surface area contributed by atoms with Crippen LogP contribution in [0.5, 0.6) is 0 Å². The smallest absolute Gasteiger partial charge is 0.282 e. The summed E-state index contributed by atoms with van der Waals surface area (Å²) in [6.45, 7) is 3.30. The molecule has 1 aliphatic rings. The molecule has 0 amide bonds. The molecule has 1 saturated heterocycles. The molecule has 128 valence electrons. The number of hydrogen-bond donors (Lipinski definition) is 1. The standard InChI is InChI=1S/C17H16N4O2S2/c22-16-13-3-1-2-4-14(13)19-17(24)21(16)18-11-12-5-6-15(25-12)20-7-9-23-10-8-20/h1-6,11H,7-10H2,(H,19,24)/b18-11-. The molecule has 6 nitrogen and oxygen atoms in total. The highest BCUT2D eigenvalue weighted by Gasteiger charge is 2.12. The van der Waals surface area contributed by atoms with E-state index in [4.69, 9.17) is 17.0 Å². The Morgan fingerprint density at radius 1 is 1.20 bits per heavy atom. The zero-order valence-corrected chi connectivity index (χ0v) is 15.0. The predicted octanol–water partition coefficient (Wildman–Crippen LogP) is 2.84. The lowest BCUT2D eigenvalue weighted by Gasteiger charge is -2.27. The highest BCUT2D eigenvalue weighted by Crippen LogP contribution is 2.25. The molecule has 3 heterocycles. The van der Waals surface area contributed by atoms with Gasteiger partial charge in [0, 0.05) is 18.0 Å². The minimum Gasteiger partial charge on any atom is -0.378 e. The number of nitrogens with zero attached hydrogens (tertiary/aromatic N) is 3. The van der Waals surface area contributed by atoms with Crippen molar-refractivity contribution in [3.05, 3.63) is 56.4 Å². The predicted molar refractivity (Wildman–Crippen MR) is 104 cm³/mol. The number of hydrogen-bond acceptors (Lipinski definition) is 6. The van der Waals surface area contributed by atoms with Crippen molar-refractivity contribution >= 4 is 45.7 Å². The van der Waals surface area contributed by atoms with Gasteiger partial charge in [-0.15, -0.1) is 11.3 Å². The van der Waals surface area contributed by atoms with E-state index in [1.54, 1.807) is 23.6 Å². The number of morpholine rings is 1. The molecule has 25 heavy (non-hydrogen) atoms. The summed E-state index contributed by atoms with van der Waals surface area (Å²) >= 11 is 6.90. The van der Waals surface area contributed by atoms with Crippen molar-refractivity contribution in [1.29, 1.82) is 0 Å². The first-order valence-corrected chi connectivity index (χ1v) is 9.16. The van der Waals surface area contributed by atoms with Crippen molar-refractivity contribution < 1.29 is 4.74 Å². The van der Waals surface area contributed by atoms with E-state index < -0.39 is 0 Å². The summed E-state index contributed by atoms with van der Waals surface area (Å²) in [5, 5.41) is 6.04. The van der Waals surface area contributed by atoms with Crippen molar-refractivity contribution in [3.63, 3.8) is 0 Å². The first-order chi connectivity index (χ1) is 12.2. The van der Waals surface area contributed by atoms with Crippen molar-refractivity contribution in [2.45, 2.75) is 0 Å². The van der Waals surface area contributed by atoms with E-state index in [1.165, 1.54) is 9.68 Å². The van der Waals surface area contributed by atoms with Crippen LogP contribution < -0.4 is 10.5 Å². The van der Waals surface area contributed by atoms with E-state index in [9.17, 15) is 4.79 Å². The summed E-state index contributed by atoms with van der Waals surface area (Å²) in [6, 6.07) is 11.3. The fraction of sp³-hybridized carbons (Fsp3) is 0.235. The Kier molecular flexibility index (Phi) is 4.48. The molecular formula is C17H16N4O2S2. The number of H-pyrrole nitrogens is 1. The topological polar surface area (TPSA) is 62.6 Å². The number of aromatic nitrogens is 2. The van der Waals surface area contributed by atoms with Crippen LogP contribution in [-0.4, -0.2) is 42.2 Å². The lowest BCUT2D eigenvalue weighted by atomic mass is 10.2. The number of para-hydroxylation sites is 1. The molecule has 0 bridgehead atoms. The van der Waals surface area contributed by atoms with Gasteiger partial charge in [-0.2, -0.15) is 9.78 Å². The summed E-state index contributed by atoms with van der Waals surface area (Å²) in [5.74, 6) is 0. The Morgan fingerprint density at radius 2 is 2.00 bits per heavy atom. The summed E-state index contributed by atoms with van der Waals surface area (Å²) in [6.07, 6.45) is 1.68. The van der Waals surface area contributed by atoms with Crippen molar-refractivity contribution in [1.82, 2.24) is 9.66 Å². The second kappa shape index (κ2) is 6.91. The van der Waals surface area contributed by atoms with Crippen LogP contribution in [0, 0.1) is 4.77 Å². The number of benzene rings is 1. The maximum absolute atomic E-state index is 12.6. The molecule has 0 radical (unpaired) electrons. The van der Waals surface area contributed by atoms with Crippen LogP contribution in [0.3, 0.4) is 0 Å². The molecule has 1 aliphatic heterocycles. The number of fused-ring (bicyclic) bond motifs is 1. The quantitative estimate of drug-likeness (QED) is 0.567. The number of aromatic amines is 1. The van der Waals surface area contributed by atoms with E-state index in [1.807, 2.05) is 24.3 Å². The lowest BCUT2D eigenvalue weighted by Crippen LogP contribution is -2.35. The second-order valence-corrected chi connectivity index (χ2v) is 7.09. The van der Waals surface area contributed by atoms with E-state index in [2.05, 4.69) is 21.1 Å². The number of ether oxygens (including phenoxy) is 1. The molecule has 1 N–H and O–H groups in total. The first-order valence-electron chi connectivity index (χ1n) is 7.93. The zero-order valence-electron chi connectivity index (χ0n) is 13.3. The monoisotopic (exact) mass is 372 g/mol. The normalized spacial score (nSPS) is 15.3. The van der Waals surface area contributed by atoms with Crippen LogP contribution in [0.2, 0.25) is 0 Å². The summed E-state index contributed by atoms with van der Waals surface area (Å²) in [7, 11) is 0.